The van der Waals surface area contributed by atoms with Gasteiger partial charge in [0, 0.05) is 49.3 Å². The van der Waals surface area contributed by atoms with Crippen molar-refractivity contribution in [2.75, 3.05) is 55.9 Å². The fraction of sp³-hybridized carbons (Fsp3) is 0.823. The molecule has 12 atom stereocenters. The number of hydrogen-bond donors (Lipinski definition) is 4. The van der Waals surface area contributed by atoms with Crippen molar-refractivity contribution in [3.05, 3.63) is 0 Å². The molecule has 1 fully saturated rings. The molecule has 22 nitrogen and oxygen atoms in total. The lowest BCUT2D eigenvalue weighted by molar-refractivity contribution is -0.156. The van der Waals surface area contributed by atoms with Crippen LogP contribution in [-0.2, 0) is 52.7 Å². The van der Waals surface area contributed by atoms with E-state index in [0.717, 1.165) is 24.2 Å². The second-order valence-corrected chi connectivity index (χ2v) is 26.6. The molecule has 1 aliphatic rings. The molecule has 1 saturated heterocycles. The van der Waals surface area contributed by atoms with Gasteiger partial charge in [-0.1, -0.05) is 123 Å². The molecule has 12 unspecified atom stereocenters. The van der Waals surface area contributed by atoms with Gasteiger partial charge in [0.05, 0.1) is 6.54 Å². The SMILES string of the molecule is CCCCC(C)C(C)C1C(=O)NC(C)C(=O)N(C)CC(=O)N(C)C(CC(C)C)C(=O)NC(C(C)C)C(=O)N(C)C(CC(C)C)C(=O)NC(C)C(=O)NC(C)C(=O)N(C)C(CC(C)C)C(=O)N(C)C(CC(C)C)C(=O)N(C)C(C(C)C)C(=O)N1C. The Hall–Kier alpha value is -5.83. The van der Waals surface area contributed by atoms with E-state index in [1.165, 1.54) is 99.5 Å². The third kappa shape index (κ3) is 21.3. The van der Waals surface area contributed by atoms with Crippen molar-refractivity contribution >= 4 is 65.0 Å². The second-order valence-electron chi connectivity index (χ2n) is 26.6. The highest BCUT2D eigenvalue weighted by Gasteiger charge is 2.45. The lowest BCUT2D eigenvalue weighted by Crippen LogP contribution is -2.62. The summed E-state index contributed by atoms with van der Waals surface area (Å²) in [4.78, 5) is 169. The number of rotatable bonds is 15. The summed E-state index contributed by atoms with van der Waals surface area (Å²) in [6.07, 6.45) is 3.23. The van der Waals surface area contributed by atoms with Crippen LogP contribution in [-0.4, -0.2) is 216 Å². The van der Waals surface area contributed by atoms with Crippen molar-refractivity contribution in [2.45, 2.75) is 230 Å². The highest BCUT2D eigenvalue weighted by molar-refractivity contribution is 5.99. The summed E-state index contributed by atoms with van der Waals surface area (Å²) < 4.78 is 0. The molecule has 84 heavy (non-hydrogen) atoms. The first-order chi connectivity index (χ1) is 38.7. The molecule has 0 radical (unpaired) electrons. The van der Waals surface area contributed by atoms with E-state index >= 15 is 9.59 Å². The van der Waals surface area contributed by atoms with Crippen molar-refractivity contribution in [1.29, 1.82) is 0 Å². The highest BCUT2D eigenvalue weighted by atomic mass is 16.2. The Labute approximate surface area is 504 Å². The minimum absolute atomic E-state index is 0.0773. The molecule has 0 aromatic heterocycles. The van der Waals surface area contributed by atoms with E-state index in [-0.39, 0.29) is 55.3 Å². The molecule has 0 bridgehead atoms. The van der Waals surface area contributed by atoms with Gasteiger partial charge in [-0.2, -0.15) is 0 Å². The van der Waals surface area contributed by atoms with Gasteiger partial charge >= 0.3 is 0 Å². The number of unbranched alkanes of at least 4 members (excludes halogenated alkanes) is 1. The summed E-state index contributed by atoms with van der Waals surface area (Å²) in [6.45, 7) is 32.0. The minimum Gasteiger partial charge on any atom is -0.343 e. The zero-order valence-corrected chi connectivity index (χ0v) is 56.2. The van der Waals surface area contributed by atoms with Crippen LogP contribution < -0.4 is 21.3 Å². The zero-order valence-electron chi connectivity index (χ0n) is 56.2. The third-order valence-electron chi connectivity index (χ3n) is 16.5. The van der Waals surface area contributed by atoms with Crippen LogP contribution in [0.1, 0.15) is 170 Å². The number of nitrogens with one attached hydrogen (secondary N) is 4. The number of carbonyl (C=O) groups excluding carboxylic acids is 11. The molecule has 482 valence electrons. The first-order valence-corrected chi connectivity index (χ1v) is 30.7. The van der Waals surface area contributed by atoms with Crippen LogP contribution >= 0.6 is 0 Å². The van der Waals surface area contributed by atoms with E-state index in [1.54, 1.807) is 27.7 Å². The molecule has 0 aromatic carbocycles. The van der Waals surface area contributed by atoms with E-state index in [0.29, 0.717) is 0 Å². The standard InChI is InChI=1S/C62H113N11O11/c1-26-27-28-40(14)41(15)52-56(78)65-43(17)57(79)67(19)33-49(74)68(20)45(29-34(2)3)55(77)66-50(38(10)11)61(83)69(21)46(30-35(4)5)54(76)63-42(16)53(75)64-44(18)58(80)70(22)47(31-36(6)7)59(81)71(23)48(32-37(8)9)60(82)72(24)51(39(12)13)62(84)73(52)25/h34-48,50-52H,26-33H2,1-25H3,(H,63,76)(H,64,75)(H,65,78)(H,66,77). The van der Waals surface area contributed by atoms with Gasteiger partial charge in [0.25, 0.3) is 0 Å². The monoisotopic (exact) mass is 1190 g/mol. The fourth-order valence-corrected chi connectivity index (χ4v) is 11.0. The van der Waals surface area contributed by atoms with Gasteiger partial charge in [-0.25, -0.2) is 0 Å². The molecule has 0 aromatic rings. The van der Waals surface area contributed by atoms with Gasteiger partial charge in [-0.15, -0.1) is 0 Å². The molecule has 1 rings (SSSR count). The van der Waals surface area contributed by atoms with Crippen LogP contribution in [0.2, 0.25) is 0 Å². The van der Waals surface area contributed by atoms with Crippen molar-refractivity contribution in [1.82, 2.24) is 55.6 Å². The summed E-state index contributed by atoms with van der Waals surface area (Å²) in [5.74, 6) is -8.69. The number of hydrogen-bond acceptors (Lipinski definition) is 11. The summed E-state index contributed by atoms with van der Waals surface area (Å²) >= 11 is 0. The Kier molecular flexibility index (Phi) is 31.2. The fourth-order valence-electron chi connectivity index (χ4n) is 11.0. The van der Waals surface area contributed by atoms with Crippen molar-refractivity contribution < 1.29 is 52.7 Å². The lowest BCUT2D eigenvalue weighted by atomic mass is 9.83. The molecule has 11 amide bonds. The van der Waals surface area contributed by atoms with Gasteiger partial charge in [0.1, 0.15) is 60.4 Å². The van der Waals surface area contributed by atoms with E-state index < -0.39 is 150 Å². The molecule has 0 aliphatic carbocycles. The Bertz CT molecular complexity index is 2260. The smallest absolute Gasteiger partial charge is 0.246 e. The number of likely N-dealkylation sites (N-methyl/N-ethyl adjacent to an activating group) is 7. The van der Waals surface area contributed by atoms with Crippen molar-refractivity contribution in [3.63, 3.8) is 0 Å². The predicted molar refractivity (Wildman–Crippen MR) is 327 cm³/mol. The van der Waals surface area contributed by atoms with Crippen LogP contribution in [0, 0.1) is 47.3 Å². The molecular weight excluding hydrogens is 1070 g/mol. The predicted octanol–water partition coefficient (Wildman–Crippen LogP) is 4.38. The summed E-state index contributed by atoms with van der Waals surface area (Å²) in [6, 6.07) is -11.5. The van der Waals surface area contributed by atoms with Crippen LogP contribution in [0.3, 0.4) is 0 Å². The first kappa shape index (κ1) is 76.2. The maximum Gasteiger partial charge on any atom is 0.246 e. The second kappa shape index (κ2) is 34.3. The van der Waals surface area contributed by atoms with Gasteiger partial charge in [-0.05, 0) is 93.8 Å². The maximum atomic E-state index is 15.2. The van der Waals surface area contributed by atoms with Crippen LogP contribution in [0.5, 0.6) is 0 Å². The number of nitrogens with zero attached hydrogens (tertiary/aromatic N) is 7. The first-order valence-electron chi connectivity index (χ1n) is 30.7. The molecule has 22 heteroatoms. The topological polar surface area (TPSA) is 259 Å². The van der Waals surface area contributed by atoms with Crippen LogP contribution in [0.4, 0.5) is 0 Å². The van der Waals surface area contributed by atoms with Crippen LogP contribution in [0.15, 0.2) is 0 Å². The summed E-state index contributed by atoms with van der Waals surface area (Å²) in [5, 5.41) is 11.1. The Morgan fingerprint density at radius 2 is 0.774 bits per heavy atom. The number of carbonyl (C=O) groups is 11. The molecule has 0 saturated carbocycles. The Balaban J connectivity index is 4.27. The molecule has 0 spiro atoms. The summed E-state index contributed by atoms with van der Waals surface area (Å²) in [7, 11) is 10.3. The van der Waals surface area contributed by atoms with Gasteiger partial charge in [0.2, 0.25) is 65.0 Å². The molecule has 1 aliphatic heterocycles. The van der Waals surface area contributed by atoms with E-state index in [9.17, 15) is 43.2 Å². The van der Waals surface area contributed by atoms with Crippen molar-refractivity contribution in [2.24, 2.45) is 47.3 Å². The molecular formula is C62H113N11O11. The van der Waals surface area contributed by atoms with Gasteiger partial charge < -0.3 is 55.6 Å². The Morgan fingerprint density at radius 3 is 1.23 bits per heavy atom. The van der Waals surface area contributed by atoms with Gasteiger partial charge in [-0.3, -0.25) is 52.7 Å². The molecule has 1 heterocycles. The third-order valence-corrected chi connectivity index (χ3v) is 16.5. The average molecular weight is 1190 g/mol. The van der Waals surface area contributed by atoms with E-state index in [2.05, 4.69) is 28.2 Å². The van der Waals surface area contributed by atoms with E-state index in [4.69, 9.17) is 0 Å². The quantitative estimate of drug-likeness (QED) is 0.179. The average Bonchev–Trinajstić information content (AvgIpc) is 2.58. The van der Waals surface area contributed by atoms with Crippen molar-refractivity contribution in [3.8, 4) is 0 Å². The van der Waals surface area contributed by atoms with E-state index in [1.807, 2.05) is 69.2 Å². The molecule has 4 N–H and O–H groups in total. The lowest BCUT2D eigenvalue weighted by Gasteiger charge is -2.42. The normalized spacial score (nSPS) is 27.0. The summed E-state index contributed by atoms with van der Waals surface area (Å²) in [5.41, 5.74) is 0. The van der Waals surface area contributed by atoms with Crippen LogP contribution in [0.25, 0.3) is 0 Å². The highest BCUT2D eigenvalue weighted by Crippen LogP contribution is 2.28. The van der Waals surface area contributed by atoms with Gasteiger partial charge in [0.15, 0.2) is 0 Å². The number of amides is 11. The largest absolute Gasteiger partial charge is 0.343 e. The zero-order chi connectivity index (χ0) is 65.3. The minimum atomic E-state index is -1.21. The Morgan fingerprint density at radius 1 is 0.393 bits per heavy atom. The maximum absolute atomic E-state index is 15.2.